The van der Waals surface area contributed by atoms with Gasteiger partial charge in [-0.2, -0.15) is 5.10 Å². The molecule has 1 aromatic heterocycles. The summed E-state index contributed by atoms with van der Waals surface area (Å²) in [5, 5.41) is 13.1. The molecule has 1 aromatic rings. The minimum Gasteiger partial charge on any atom is -0.355 e. The first-order valence-corrected chi connectivity index (χ1v) is 9.98. The quantitative estimate of drug-likeness (QED) is 0.649. The van der Waals surface area contributed by atoms with Crippen molar-refractivity contribution < 1.29 is 4.79 Å². The van der Waals surface area contributed by atoms with Crippen molar-refractivity contribution in [3.63, 3.8) is 0 Å². The molecular formula is C19H31Cl2N5O2. The number of H-pyrrole nitrogens is 1. The van der Waals surface area contributed by atoms with Gasteiger partial charge in [0.1, 0.15) is 0 Å². The second-order valence-corrected chi connectivity index (χ2v) is 8.00. The lowest BCUT2D eigenvalue weighted by Crippen LogP contribution is -2.65. The van der Waals surface area contributed by atoms with E-state index in [0.717, 1.165) is 31.2 Å². The highest BCUT2D eigenvalue weighted by Crippen LogP contribution is 2.38. The van der Waals surface area contributed by atoms with Gasteiger partial charge in [0, 0.05) is 37.5 Å². The molecule has 4 heterocycles. The van der Waals surface area contributed by atoms with Crippen LogP contribution >= 0.6 is 24.8 Å². The number of nitrogens with one attached hydrogen (secondary N) is 3. The van der Waals surface area contributed by atoms with Crippen LogP contribution < -0.4 is 16.2 Å². The van der Waals surface area contributed by atoms with E-state index in [0.29, 0.717) is 30.8 Å². The van der Waals surface area contributed by atoms with Gasteiger partial charge in [-0.1, -0.05) is 6.42 Å². The highest BCUT2D eigenvalue weighted by Gasteiger charge is 2.45. The minimum absolute atomic E-state index is 0. The Labute approximate surface area is 178 Å². The molecular weight excluding hydrogens is 401 g/mol. The summed E-state index contributed by atoms with van der Waals surface area (Å²) in [5.41, 5.74) is 0.527. The van der Waals surface area contributed by atoms with Crippen molar-refractivity contribution in [3.05, 3.63) is 28.2 Å². The van der Waals surface area contributed by atoms with Crippen molar-refractivity contribution in [1.82, 2.24) is 25.7 Å². The molecule has 2 bridgehead atoms. The Balaban J connectivity index is 0.00000140. The topological polar surface area (TPSA) is 90.1 Å². The van der Waals surface area contributed by atoms with E-state index in [4.69, 9.17) is 0 Å². The zero-order chi connectivity index (χ0) is 17.9. The van der Waals surface area contributed by atoms with Crippen LogP contribution in [0.2, 0.25) is 0 Å². The van der Waals surface area contributed by atoms with Gasteiger partial charge < -0.3 is 10.6 Å². The molecule has 0 spiro atoms. The molecule has 3 aliphatic heterocycles. The number of nitrogens with zero attached hydrogens (tertiary/aromatic N) is 2. The van der Waals surface area contributed by atoms with E-state index in [1.807, 2.05) is 0 Å². The molecule has 0 aromatic carbocycles. The van der Waals surface area contributed by atoms with Crippen molar-refractivity contribution in [2.24, 2.45) is 11.8 Å². The summed E-state index contributed by atoms with van der Waals surface area (Å²) in [6, 6.07) is 4.28. The Bertz CT molecular complexity index is 681. The first-order chi connectivity index (χ1) is 12.7. The fourth-order valence-electron chi connectivity index (χ4n) is 5.11. The Hall–Kier alpha value is -1.15. The molecule has 3 aliphatic rings. The number of fused-ring (bicyclic) bond motifs is 4. The lowest BCUT2D eigenvalue weighted by molar-refractivity contribution is -0.122. The smallest absolute Gasteiger partial charge is 0.264 e. The molecule has 3 N–H and O–H groups in total. The van der Waals surface area contributed by atoms with Crippen molar-refractivity contribution in [2.45, 2.75) is 50.6 Å². The van der Waals surface area contributed by atoms with Crippen LogP contribution in [0.5, 0.6) is 0 Å². The average molecular weight is 432 g/mol. The number of carbonyl (C=O) groups excluding carboxylic acids is 1. The SMILES string of the molecule is Cl.Cl.O=C(CCc1ccc(=O)[nH]n1)NC[C@H]1[C@@H]2CNC[C@@H](C2)[C@@H]2CCCCN21. The van der Waals surface area contributed by atoms with Gasteiger partial charge >= 0.3 is 0 Å². The van der Waals surface area contributed by atoms with Gasteiger partial charge in [0.05, 0.1) is 5.69 Å². The van der Waals surface area contributed by atoms with E-state index < -0.39 is 0 Å². The van der Waals surface area contributed by atoms with Crippen LogP contribution in [0.15, 0.2) is 16.9 Å². The molecule has 1 amide bonds. The number of hydrogen-bond donors (Lipinski definition) is 3. The maximum Gasteiger partial charge on any atom is 0.264 e. The molecule has 0 aliphatic carbocycles. The maximum absolute atomic E-state index is 12.3. The third kappa shape index (κ3) is 5.26. The van der Waals surface area contributed by atoms with Gasteiger partial charge in [-0.05, 0) is 56.8 Å². The van der Waals surface area contributed by atoms with Crippen LogP contribution in [0.4, 0.5) is 0 Å². The van der Waals surface area contributed by atoms with E-state index in [2.05, 4.69) is 25.7 Å². The van der Waals surface area contributed by atoms with Crippen molar-refractivity contribution in [1.29, 1.82) is 0 Å². The first-order valence-electron chi connectivity index (χ1n) is 9.98. The molecule has 28 heavy (non-hydrogen) atoms. The monoisotopic (exact) mass is 431 g/mol. The second-order valence-electron chi connectivity index (χ2n) is 8.00. The third-order valence-electron chi connectivity index (χ3n) is 6.38. The first kappa shape index (κ1) is 23.1. The van der Waals surface area contributed by atoms with Crippen molar-refractivity contribution in [3.8, 4) is 0 Å². The van der Waals surface area contributed by atoms with Gasteiger partial charge in [-0.15, -0.1) is 24.8 Å². The second kappa shape index (κ2) is 10.6. The van der Waals surface area contributed by atoms with Crippen LogP contribution in [-0.2, 0) is 11.2 Å². The molecule has 3 fully saturated rings. The van der Waals surface area contributed by atoms with Gasteiger partial charge in [0.15, 0.2) is 0 Å². The summed E-state index contributed by atoms with van der Waals surface area (Å²) in [7, 11) is 0. The van der Waals surface area contributed by atoms with E-state index in [1.165, 1.54) is 38.3 Å². The standard InChI is InChI=1S/C19H29N5O2.2ClH/c25-18(6-4-15-5-7-19(26)23-22-15)21-12-17-14-9-13(10-20-11-14)16-3-1-2-8-24(16)17;;/h5,7,13-14,16-17,20H,1-4,6,8-12H2,(H,21,25)(H,23,26);2*1H/t13-,14+,16+,17+;;/m1../s1. The highest BCUT2D eigenvalue weighted by molar-refractivity contribution is 5.85. The molecule has 3 saturated heterocycles. The van der Waals surface area contributed by atoms with E-state index in [9.17, 15) is 9.59 Å². The van der Waals surface area contributed by atoms with Crippen molar-refractivity contribution >= 4 is 30.7 Å². The number of aromatic nitrogens is 2. The lowest BCUT2D eigenvalue weighted by Gasteiger charge is -2.55. The molecule has 9 heteroatoms. The average Bonchev–Trinajstić information content (AvgIpc) is 2.68. The fourth-order valence-corrected chi connectivity index (χ4v) is 5.11. The molecule has 0 saturated carbocycles. The molecule has 4 atom stereocenters. The molecule has 4 rings (SSSR count). The summed E-state index contributed by atoms with van der Waals surface area (Å²) in [6.45, 7) is 4.15. The Morgan fingerprint density at radius 3 is 2.82 bits per heavy atom. The van der Waals surface area contributed by atoms with Crippen LogP contribution in [0.1, 0.15) is 37.8 Å². The van der Waals surface area contributed by atoms with Gasteiger partial charge in [-0.3, -0.25) is 14.5 Å². The molecule has 158 valence electrons. The van der Waals surface area contributed by atoms with Crippen LogP contribution in [0.25, 0.3) is 0 Å². The summed E-state index contributed by atoms with van der Waals surface area (Å²) >= 11 is 0. The number of aryl methyl sites for hydroxylation is 1. The predicted molar refractivity (Wildman–Crippen MR) is 113 cm³/mol. The zero-order valence-corrected chi connectivity index (χ0v) is 17.7. The largest absolute Gasteiger partial charge is 0.355 e. The summed E-state index contributed by atoms with van der Waals surface area (Å²) in [6.07, 6.45) is 6.18. The normalized spacial score (nSPS) is 29.0. The number of amides is 1. The lowest BCUT2D eigenvalue weighted by atomic mass is 9.73. The molecule has 0 unspecified atom stereocenters. The molecule has 0 radical (unpaired) electrons. The number of rotatable bonds is 5. The summed E-state index contributed by atoms with van der Waals surface area (Å²) in [5.74, 6) is 1.49. The summed E-state index contributed by atoms with van der Waals surface area (Å²) < 4.78 is 0. The number of halogens is 2. The van der Waals surface area contributed by atoms with Crippen LogP contribution in [-0.4, -0.2) is 59.3 Å². The van der Waals surface area contributed by atoms with Gasteiger partial charge in [-0.25, -0.2) is 5.10 Å². The van der Waals surface area contributed by atoms with Gasteiger partial charge in [0.2, 0.25) is 5.91 Å². The van der Waals surface area contributed by atoms with Crippen molar-refractivity contribution in [2.75, 3.05) is 26.2 Å². The fraction of sp³-hybridized carbons (Fsp3) is 0.737. The minimum atomic E-state index is -0.217. The Morgan fingerprint density at radius 2 is 2.04 bits per heavy atom. The highest BCUT2D eigenvalue weighted by atomic mass is 35.5. The van der Waals surface area contributed by atoms with E-state index >= 15 is 0 Å². The number of aromatic amines is 1. The zero-order valence-electron chi connectivity index (χ0n) is 16.1. The Morgan fingerprint density at radius 1 is 1.21 bits per heavy atom. The van der Waals surface area contributed by atoms with E-state index in [1.54, 1.807) is 6.07 Å². The predicted octanol–water partition coefficient (Wildman–Crippen LogP) is 1.12. The third-order valence-corrected chi connectivity index (χ3v) is 6.38. The van der Waals surface area contributed by atoms with Crippen LogP contribution in [0, 0.1) is 11.8 Å². The maximum atomic E-state index is 12.3. The summed E-state index contributed by atoms with van der Waals surface area (Å²) in [4.78, 5) is 26.0. The Kier molecular flexibility index (Phi) is 8.74. The number of piperidine rings is 3. The number of carbonyl (C=O) groups is 1. The van der Waals surface area contributed by atoms with Crippen LogP contribution in [0.3, 0.4) is 0 Å². The van der Waals surface area contributed by atoms with E-state index in [-0.39, 0.29) is 36.3 Å². The van der Waals surface area contributed by atoms with Gasteiger partial charge in [0.25, 0.3) is 5.56 Å². The number of hydrogen-bond acceptors (Lipinski definition) is 5. The molecule has 7 nitrogen and oxygen atoms in total.